The van der Waals surface area contributed by atoms with Gasteiger partial charge in [-0.2, -0.15) is 0 Å². The Kier molecular flexibility index (Phi) is 9.60. The number of nitrogens with zero attached hydrogens (tertiary/aromatic N) is 1. The number of aliphatic imine (C=N–C) groups is 1. The molecular formula is C16H27IN4O2S. The Morgan fingerprint density at radius 3 is 2.38 bits per heavy atom. The first-order chi connectivity index (χ1) is 11.1. The lowest BCUT2D eigenvalue weighted by molar-refractivity contribution is 0.530. The molecule has 2 rings (SSSR count). The minimum Gasteiger partial charge on any atom is -0.370 e. The molecule has 1 saturated carbocycles. The molecule has 1 aliphatic rings. The van der Waals surface area contributed by atoms with Gasteiger partial charge in [-0.25, -0.2) is 13.1 Å². The molecular weight excluding hydrogens is 439 g/mol. The van der Waals surface area contributed by atoms with Gasteiger partial charge in [0.2, 0.25) is 10.0 Å². The zero-order chi connectivity index (χ0) is 16.5. The van der Waals surface area contributed by atoms with Gasteiger partial charge in [-0.1, -0.05) is 43.9 Å². The molecule has 0 unspecified atom stereocenters. The summed E-state index contributed by atoms with van der Waals surface area (Å²) in [5, 5.41) is 3.24. The van der Waals surface area contributed by atoms with E-state index in [1.807, 2.05) is 0 Å². The molecule has 6 nitrogen and oxygen atoms in total. The van der Waals surface area contributed by atoms with E-state index in [1.165, 1.54) is 25.7 Å². The molecule has 0 spiro atoms. The second-order valence-electron chi connectivity index (χ2n) is 5.81. The van der Waals surface area contributed by atoms with Crippen LogP contribution in [0, 0.1) is 0 Å². The van der Waals surface area contributed by atoms with Crippen LogP contribution in [0.5, 0.6) is 0 Å². The van der Waals surface area contributed by atoms with Crippen LogP contribution in [0.25, 0.3) is 0 Å². The Morgan fingerprint density at radius 2 is 1.75 bits per heavy atom. The summed E-state index contributed by atoms with van der Waals surface area (Å²) >= 11 is 0. The second kappa shape index (κ2) is 10.9. The van der Waals surface area contributed by atoms with Crippen LogP contribution in [-0.4, -0.2) is 33.5 Å². The molecule has 0 aliphatic heterocycles. The minimum absolute atomic E-state index is 0. The molecule has 0 saturated heterocycles. The zero-order valence-electron chi connectivity index (χ0n) is 13.8. The molecule has 0 heterocycles. The summed E-state index contributed by atoms with van der Waals surface area (Å²) in [6.07, 6.45) is 7.27. The minimum atomic E-state index is -3.47. The third-order valence-corrected chi connectivity index (χ3v) is 5.42. The summed E-state index contributed by atoms with van der Waals surface area (Å²) < 4.78 is 26.6. The molecule has 1 fully saturated rings. The highest BCUT2D eigenvalue weighted by Gasteiger charge is 2.13. The van der Waals surface area contributed by atoms with Crippen LogP contribution >= 0.6 is 24.0 Å². The lowest BCUT2D eigenvalue weighted by Gasteiger charge is -2.16. The number of halogens is 1. The van der Waals surface area contributed by atoms with Gasteiger partial charge in [0.05, 0.1) is 11.4 Å². The second-order valence-corrected chi connectivity index (χ2v) is 7.58. The van der Waals surface area contributed by atoms with Crippen molar-refractivity contribution < 1.29 is 8.42 Å². The van der Waals surface area contributed by atoms with Gasteiger partial charge >= 0.3 is 0 Å². The molecule has 24 heavy (non-hydrogen) atoms. The van der Waals surface area contributed by atoms with E-state index < -0.39 is 10.0 Å². The number of nitrogens with two attached hydrogens (primary N) is 1. The number of rotatable bonds is 6. The maximum absolute atomic E-state index is 12.0. The lowest BCUT2D eigenvalue weighted by Crippen LogP contribution is -2.40. The first kappa shape index (κ1) is 21.2. The van der Waals surface area contributed by atoms with Gasteiger partial charge < -0.3 is 11.1 Å². The number of sulfonamides is 1. The fraction of sp³-hybridized carbons (Fsp3) is 0.562. The highest BCUT2D eigenvalue weighted by atomic mass is 127. The van der Waals surface area contributed by atoms with E-state index in [2.05, 4.69) is 15.0 Å². The summed E-state index contributed by atoms with van der Waals surface area (Å²) in [7, 11) is -3.47. The SMILES string of the molecule is I.NC(=NCCNS(=O)(=O)c1ccccc1)NC1CCCCCC1. The zero-order valence-corrected chi connectivity index (χ0v) is 16.9. The van der Waals surface area contributed by atoms with Gasteiger partial charge in [-0.3, -0.25) is 4.99 Å². The highest BCUT2D eigenvalue weighted by molar-refractivity contribution is 14.0. The van der Waals surface area contributed by atoms with Gasteiger partial charge in [0, 0.05) is 12.6 Å². The van der Waals surface area contributed by atoms with Crippen LogP contribution in [0.2, 0.25) is 0 Å². The van der Waals surface area contributed by atoms with Gasteiger partial charge in [0.25, 0.3) is 0 Å². The van der Waals surface area contributed by atoms with E-state index in [9.17, 15) is 8.42 Å². The van der Waals surface area contributed by atoms with E-state index in [0.29, 0.717) is 18.5 Å². The Labute approximate surface area is 161 Å². The number of nitrogens with one attached hydrogen (secondary N) is 2. The summed E-state index contributed by atoms with van der Waals surface area (Å²) in [5.41, 5.74) is 5.88. The monoisotopic (exact) mass is 466 g/mol. The van der Waals surface area contributed by atoms with Crippen molar-refractivity contribution in [3.05, 3.63) is 30.3 Å². The molecule has 0 bridgehead atoms. The average Bonchev–Trinajstić information content (AvgIpc) is 2.81. The molecule has 0 amide bonds. The van der Waals surface area contributed by atoms with E-state index in [4.69, 9.17) is 5.73 Å². The van der Waals surface area contributed by atoms with Crippen molar-refractivity contribution in [2.75, 3.05) is 13.1 Å². The van der Waals surface area contributed by atoms with Gasteiger partial charge in [0.1, 0.15) is 0 Å². The van der Waals surface area contributed by atoms with Crippen LogP contribution in [0.3, 0.4) is 0 Å². The predicted molar refractivity (Wildman–Crippen MR) is 108 cm³/mol. The Morgan fingerprint density at radius 1 is 1.12 bits per heavy atom. The largest absolute Gasteiger partial charge is 0.370 e. The molecule has 136 valence electrons. The van der Waals surface area contributed by atoms with Crippen LogP contribution in [0.4, 0.5) is 0 Å². The van der Waals surface area contributed by atoms with Crippen LogP contribution in [-0.2, 0) is 10.0 Å². The maximum atomic E-state index is 12.0. The molecule has 1 aromatic rings. The van der Waals surface area contributed by atoms with E-state index in [0.717, 1.165) is 12.8 Å². The van der Waals surface area contributed by atoms with Crippen molar-refractivity contribution in [2.45, 2.75) is 49.5 Å². The Balaban J connectivity index is 0.00000288. The van der Waals surface area contributed by atoms with Crippen molar-refractivity contribution >= 4 is 40.0 Å². The summed E-state index contributed by atoms with van der Waals surface area (Å²) in [6, 6.07) is 8.69. The predicted octanol–water partition coefficient (Wildman–Crippen LogP) is 2.21. The van der Waals surface area contributed by atoms with Crippen molar-refractivity contribution in [2.24, 2.45) is 10.7 Å². The van der Waals surface area contributed by atoms with Crippen LogP contribution in [0.1, 0.15) is 38.5 Å². The Bertz CT molecular complexity index is 600. The fourth-order valence-electron chi connectivity index (χ4n) is 2.72. The summed E-state index contributed by atoms with van der Waals surface area (Å²) in [6.45, 7) is 0.544. The normalized spacial score (nSPS) is 16.9. The molecule has 8 heteroatoms. The lowest BCUT2D eigenvalue weighted by atomic mass is 10.1. The molecule has 0 aromatic heterocycles. The van der Waals surface area contributed by atoms with Gasteiger partial charge in [0.15, 0.2) is 5.96 Å². The quantitative estimate of drug-likeness (QED) is 0.197. The smallest absolute Gasteiger partial charge is 0.240 e. The molecule has 0 atom stereocenters. The first-order valence-corrected chi connectivity index (χ1v) is 9.67. The van der Waals surface area contributed by atoms with Crippen molar-refractivity contribution in [1.29, 1.82) is 0 Å². The molecule has 4 N–H and O–H groups in total. The highest BCUT2D eigenvalue weighted by Crippen LogP contribution is 2.16. The van der Waals surface area contributed by atoms with E-state index >= 15 is 0 Å². The van der Waals surface area contributed by atoms with Crippen LogP contribution < -0.4 is 15.8 Å². The molecule has 1 aromatic carbocycles. The number of hydrogen-bond acceptors (Lipinski definition) is 3. The first-order valence-electron chi connectivity index (χ1n) is 8.19. The van der Waals surface area contributed by atoms with E-state index in [-0.39, 0.29) is 35.4 Å². The topological polar surface area (TPSA) is 96.6 Å². The van der Waals surface area contributed by atoms with E-state index in [1.54, 1.807) is 30.3 Å². The van der Waals surface area contributed by atoms with Crippen molar-refractivity contribution in [3.63, 3.8) is 0 Å². The average molecular weight is 466 g/mol. The maximum Gasteiger partial charge on any atom is 0.240 e. The van der Waals surface area contributed by atoms with Gasteiger partial charge in [-0.15, -0.1) is 24.0 Å². The summed E-state index contributed by atoms with van der Waals surface area (Å²) in [5.74, 6) is 0.399. The Hall–Kier alpha value is -0.870. The van der Waals surface area contributed by atoms with Crippen molar-refractivity contribution in [3.8, 4) is 0 Å². The van der Waals surface area contributed by atoms with Crippen LogP contribution in [0.15, 0.2) is 40.2 Å². The number of guanidine groups is 1. The van der Waals surface area contributed by atoms with Gasteiger partial charge in [-0.05, 0) is 25.0 Å². The van der Waals surface area contributed by atoms with Crippen molar-refractivity contribution in [1.82, 2.24) is 10.0 Å². The third kappa shape index (κ3) is 7.35. The fourth-order valence-corrected chi connectivity index (χ4v) is 3.76. The molecule has 1 aliphatic carbocycles. The number of hydrogen-bond donors (Lipinski definition) is 3. The standard InChI is InChI=1S/C16H26N4O2S.HI/c17-16(20-14-8-4-1-2-5-9-14)18-12-13-19-23(21,22)15-10-6-3-7-11-15;/h3,6-7,10-11,14,19H,1-2,4-5,8-9,12-13H2,(H3,17,18,20);1H. The third-order valence-electron chi connectivity index (χ3n) is 3.95. The molecule has 0 radical (unpaired) electrons. The summed E-state index contributed by atoms with van der Waals surface area (Å²) in [4.78, 5) is 4.46. The number of benzene rings is 1.